The molecule has 2 atom stereocenters. The van der Waals surface area contributed by atoms with Crippen LogP contribution in [0.15, 0.2) is 12.3 Å². The van der Waals surface area contributed by atoms with Crippen LogP contribution in [-0.4, -0.2) is 28.7 Å². The SMILES string of the molecule is CCCOc1ccnc(NC2CC2N)n1. The van der Waals surface area contributed by atoms with Gasteiger partial charge in [0.25, 0.3) is 0 Å². The van der Waals surface area contributed by atoms with E-state index in [0.717, 1.165) is 12.8 Å². The lowest BCUT2D eigenvalue weighted by atomic mass is 10.5. The zero-order valence-corrected chi connectivity index (χ0v) is 8.81. The van der Waals surface area contributed by atoms with E-state index < -0.39 is 0 Å². The van der Waals surface area contributed by atoms with Crippen LogP contribution in [0.4, 0.5) is 5.95 Å². The molecule has 1 aromatic heterocycles. The lowest BCUT2D eigenvalue weighted by molar-refractivity contribution is 0.305. The van der Waals surface area contributed by atoms with Crippen LogP contribution in [0.1, 0.15) is 19.8 Å². The Balaban J connectivity index is 1.93. The van der Waals surface area contributed by atoms with Crippen LogP contribution in [0.5, 0.6) is 5.88 Å². The summed E-state index contributed by atoms with van der Waals surface area (Å²) in [5.74, 6) is 1.21. The van der Waals surface area contributed by atoms with Gasteiger partial charge < -0.3 is 15.8 Å². The fourth-order valence-corrected chi connectivity index (χ4v) is 1.25. The minimum absolute atomic E-state index is 0.244. The molecule has 0 aromatic carbocycles. The third-order valence-corrected chi connectivity index (χ3v) is 2.24. The molecule has 5 nitrogen and oxygen atoms in total. The molecule has 0 radical (unpaired) electrons. The van der Waals surface area contributed by atoms with Crippen molar-refractivity contribution in [1.82, 2.24) is 9.97 Å². The number of nitrogens with one attached hydrogen (secondary N) is 1. The lowest BCUT2D eigenvalue weighted by Crippen LogP contribution is -2.15. The number of ether oxygens (including phenoxy) is 1. The molecule has 1 saturated carbocycles. The minimum Gasteiger partial charge on any atom is -0.478 e. The molecule has 0 spiro atoms. The maximum atomic E-state index is 5.68. The van der Waals surface area contributed by atoms with Crippen molar-refractivity contribution in [1.29, 1.82) is 0 Å². The van der Waals surface area contributed by atoms with Crippen LogP contribution in [-0.2, 0) is 0 Å². The third kappa shape index (κ3) is 2.79. The third-order valence-electron chi connectivity index (χ3n) is 2.24. The van der Waals surface area contributed by atoms with Gasteiger partial charge in [-0.3, -0.25) is 0 Å². The average molecular weight is 208 g/mol. The van der Waals surface area contributed by atoms with Gasteiger partial charge in [0.05, 0.1) is 6.61 Å². The highest BCUT2D eigenvalue weighted by Crippen LogP contribution is 2.22. The second-order valence-electron chi connectivity index (χ2n) is 3.72. The zero-order chi connectivity index (χ0) is 10.7. The van der Waals surface area contributed by atoms with Crippen LogP contribution < -0.4 is 15.8 Å². The molecule has 3 N–H and O–H groups in total. The Morgan fingerprint density at radius 2 is 2.47 bits per heavy atom. The number of anilines is 1. The second-order valence-corrected chi connectivity index (χ2v) is 3.72. The molecule has 1 heterocycles. The van der Waals surface area contributed by atoms with E-state index in [9.17, 15) is 0 Å². The van der Waals surface area contributed by atoms with Crippen molar-refractivity contribution in [2.45, 2.75) is 31.8 Å². The van der Waals surface area contributed by atoms with Crippen molar-refractivity contribution in [2.24, 2.45) is 5.73 Å². The Hall–Kier alpha value is -1.36. The predicted molar refractivity (Wildman–Crippen MR) is 57.8 cm³/mol. The number of hydrogen-bond donors (Lipinski definition) is 2. The van der Waals surface area contributed by atoms with E-state index in [1.807, 2.05) is 0 Å². The molecule has 0 bridgehead atoms. The first-order valence-electron chi connectivity index (χ1n) is 5.27. The summed E-state index contributed by atoms with van der Waals surface area (Å²) < 4.78 is 5.40. The smallest absolute Gasteiger partial charge is 0.226 e. The van der Waals surface area contributed by atoms with Gasteiger partial charge in [-0.15, -0.1) is 0 Å². The molecule has 0 saturated heterocycles. The summed E-state index contributed by atoms with van der Waals surface area (Å²) in [5.41, 5.74) is 5.68. The van der Waals surface area contributed by atoms with Gasteiger partial charge in [-0.25, -0.2) is 4.98 Å². The largest absolute Gasteiger partial charge is 0.478 e. The minimum atomic E-state index is 0.244. The van der Waals surface area contributed by atoms with Crippen LogP contribution in [0, 0.1) is 0 Å². The van der Waals surface area contributed by atoms with Crippen molar-refractivity contribution < 1.29 is 4.74 Å². The highest BCUT2D eigenvalue weighted by Gasteiger charge is 2.33. The maximum absolute atomic E-state index is 5.68. The van der Waals surface area contributed by atoms with E-state index >= 15 is 0 Å². The predicted octanol–water partition coefficient (Wildman–Crippen LogP) is 0.777. The molecule has 15 heavy (non-hydrogen) atoms. The van der Waals surface area contributed by atoms with Crippen molar-refractivity contribution >= 4 is 5.95 Å². The van der Waals surface area contributed by atoms with Crippen LogP contribution in [0.3, 0.4) is 0 Å². The fourth-order valence-electron chi connectivity index (χ4n) is 1.25. The number of rotatable bonds is 5. The Kier molecular flexibility index (Phi) is 3.01. The second kappa shape index (κ2) is 4.44. The summed E-state index contributed by atoms with van der Waals surface area (Å²) in [4.78, 5) is 8.33. The van der Waals surface area contributed by atoms with E-state index in [2.05, 4.69) is 22.2 Å². The zero-order valence-electron chi connectivity index (χ0n) is 8.81. The van der Waals surface area contributed by atoms with Crippen LogP contribution in [0.25, 0.3) is 0 Å². The molecule has 1 aliphatic rings. The number of nitrogens with two attached hydrogens (primary N) is 1. The molecule has 2 unspecified atom stereocenters. The van der Waals surface area contributed by atoms with Gasteiger partial charge in [0.1, 0.15) is 0 Å². The van der Waals surface area contributed by atoms with Crippen LogP contribution in [0.2, 0.25) is 0 Å². The lowest BCUT2D eigenvalue weighted by Gasteiger charge is -2.06. The summed E-state index contributed by atoms with van der Waals surface area (Å²) in [6, 6.07) is 2.33. The number of nitrogens with zero attached hydrogens (tertiary/aromatic N) is 2. The summed E-state index contributed by atoms with van der Waals surface area (Å²) >= 11 is 0. The van der Waals surface area contributed by atoms with Gasteiger partial charge in [0.2, 0.25) is 11.8 Å². The molecule has 0 amide bonds. The molecule has 1 aromatic rings. The molecule has 2 rings (SSSR count). The average Bonchev–Trinajstić information content (AvgIpc) is 2.92. The molecule has 0 aliphatic heterocycles. The Bertz CT molecular complexity index is 331. The molecule has 5 heteroatoms. The Morgan fingerprint density at radius 3 is 3.13 bits per heavy atom. The van der Waals surface area contributed by atoms with Crippen LogP contribution >= 0.6 is 0 Å². The molecular formula is C10H16N4O. The van der Waals surface area contributed by atoms with Crippen molar-refractivity contribution in [2.75, 3.05) is 11.9 Å². The normalized spacial score (nSPS) is 23.6. The highest BCUT2D eigenvalue weighted by molar-refractivity contribution is 5.32. The van der Waals surface area contributed by atoms with Crippen molar-refractivity contribution in [3.05, 3.63) is 12.3 Å². The van der Waals surface area contributed by atoms with E-state index in [0.29, 0.717) is 24.5 Å². The molecule has 1 fully saturated rings. The standard InChI is InChI=1S/C10H16N4O/c1-2-5-15-9-3-4-12-10(14-9)13-8-6-7(8)11/h3-4,7-8H,2,5-6,11H2,1H3,(H,12,13,14). The van der Waals surface area contributed by atoms with E-state index in [-0.39, 0.29) is 6.04 Å². The van der Waals surface area contributed by atoms with Gasteiger partial charge >= 0.3 is 0 Å². The first-order chi connectivity index (χ1) is 7.29. The highest BCUT2D eigenvalue weighted by atomic mass is 16.5. The first kappa shape index (κ1) is 10.2. The summed E-state index contributed by atoms with van der Waals surface area (Å²) in [5, 5.41) is 3.16. The number of hydrogen-bond acceptors (Lipinski definition) is 5. The monoisotopic (exact) mass is 208 g/mol. The topological polar surface area (TPSA) is 73.1 Å². The van der Waals surface area contributed by atoms with Crippen molar-refractivity contribution in [3.63, 3.8) is 0 Å². The van der Waals surface area contributed by atoms with Gasteiger partial charge in [-0.05, 0) is 12.8 Å². The van der Waals surface area contributed by atoms with Crippen molar-refractivity contribution in [3.8, 4) is 5.88 Å². The summed E-state index contributed by atoms with van der Waals surface area (Å²) in [6.45, 7) is 2.74. The van der Waals surface area contributed by atoms with E-state index in [1.165, 1.54) is 0 Å². The van der Waals surface area contributed by atoms with Gasteiger partial charge in [-0.1, -0.05) is 6.92 Å². The van der Waals surface area contributed by atoms with Gasteiger partial charge in [0.15, 0.2) is 0 Å². The number of aromatic nitrogens is 2. The summed E-state index contributed by atoms with van der Waals surface area (Å²) in [7, 11) is 0. The molecule has 82 valence electrons. The van der Waals surface area contributed by atoms with Gasteiger partial charge in [0, 0.05) is 24.3 Å². The quantitative estimate of drug-likeness (QED) is 0.748. The molecule has 1 aliphatic carbocycles. The van der Waals surface area contributed by atoms with Gasteiger partial charge in [-0.2, -0.15) is 4.98 Å². The van der Waals surface area contributed by atoms with E-state index in [1.54, 1.807) is 12.3 Å². The fraction of sp³-hybridized carbons (Fsp3) is 0.600. The first-order valence-corrected chi connectivity index (χ1v) is 5.27. The Morgan fingerprint density at radius 1 is 1.67 bits per heavy atom. The maximum Gasteiger partial charge on any atom is 0.226 e. The Labute approximate surface area is 89.1 Å². The van der Waals surface area contributed by atoms with E-state index in [4.69, 9.17) is 10.5 Å². The summed E-state index contributed by atoms with van der Waals surface area (Å²) in [6.07, 6.45) is 3.65. The molecular weight excluding hydrogens is 192 g/mol.